The lowest BCUT2D eigenvalue weighted by Crippen LogP contribution is -2.48. The molecule has 3 heterocycles. The maximum Gasteiger partial charge on any atom is 0.251 e. The van der Waals surface area contributed by atoms with Gasteiger partial charge in [-0.1, -0.05) is 0 Å². The molecule has 124 valence electrons. The maximum atomic E-state index is 12.6. The average molecular weight is 324 g/mol. The van der Waals surface area contributed by atoms with Gasteiger partial charge < -0.3 is 15.0 Å². The largest absolute Gasteiger partial charge is 0.493 e. The predicted octanol–water partition coefficient (Wildman–Crippen LogP) is 1.81. The van der Waals surface area contributed by atoms with Crippen LogP contribution in [0.25, 0.3) is 0 Å². The van der Waals surface area contributed by atoms with Gasteiger partial charge in [-0.3, -0.25) is 9.78 Å². The molecular weight excluding hydrogens is 304 g/mol. The number of amides is 1. The van der Waals surface area contributed by atoms with Crippen LogP contribution in [0.4, 0.5) is 5.82 Å². The van der Waals surface area contributed by atoms with Crippen molar-refractivity contribution in [2.75, 3.05) is 24.6 Å². The highest BCUT2D eigenvalue weighted by atomic mass is 16.5. The van der Waals surface area contributed by atoms with Crippen molar-refractivity contribution < 1.29 is 9.53 Å². The van der Waals surface area contributed by atoms with Gasteiger partial charge in [0.2, 0.25) is 0 Å². The number of hydrogen-bond donors (Lipinski definition) is 1. The van der Waals surface area contributed by atoms with Gasteiger partial charge in [0.15, 0.2) is 0 Å². The fourth-order valence-corrected chi connectivity index (χ4v) is 3.35. The maximum absolute atomic E-state index is 12.6. The number of fused-ring (bicyclic) bond motifs is 1. The molecular formula is C18H20N4O2. The van der Waals surface area contributed by atoms with E-state index in [2.05, 4.69) is 20.2 Å². The van der Waals surface area contributed by atoms with Crippen molar-refractivity contribution in [1.29, 1.82) is 0 Å². The molecule has 6 heteroatoms. The third-order valence-electron chi connectivity index (χ3n) is 4.58. The fourth-order valence-electron chi connectivity index (χ4n) is 3.35. The molecule has 0 spiro atoms. The van der Waals surface area contributed by atoms with Crippen molar-refractivity contribution in [2.45, 2.75) is 25.3 Å². The Labute approximate surface area is 140 Å². The summed E-state index contributed by atoms with van der Waals surface area (Å²) in [5.41, 5.74) is 1.82. The Kier molecular flexibility index (Phi) is 4.02. The Morgan fingerprint density at radius 3 is 3.17 bits per heavy atom. The van der Waals surface area contributed by atoms with Gasteiger partial charge in [-0.05, 0) is 36.6 Å². The van der Waals surface area contributed by atoms with Crippen molar-refractivity contribution in [3.63, 3.8) is 0 Å². The Bertz CT molecular complexity index is 735. The Hall–Kier alpha value is -2.63. The van der Waals surface area contributed by atoms with E-state index in [-0.39, 0.29) is 11.9 Å². The number of benzene rings is 1. The zero-order chi connectivity index (χ0) is 16.4. The average Bonchev–Trinajstić information content (AvgIpc) is 3.10. The van der Waals surface area contributed by atoms with E-state index in [1.165, 1.54) is 0 Å². The second kappa shape index (κ2) is 6.47. The normalized spacial score (nSPS) is 19.5. The molecule has 2 aliphatic heterocycles. The molecule has 6 nitrogen and oxygen atoms in total. The summed E-state index contributed by atoms with van der Waals surface area (Å²) in [4.78, 5) is 23.2. The first-order chi connectivity index (χ1) is 11.8. The lowest BCUT2D eigenvalue weighted by Gasteiger charge is -2.33. The Balaban J connectivity index is 1.42. The van der Waals surface area contributed by atoms with Crippen LogP contribution >= 0.6 is 0 Å². The minimum absolute atomic E-state index is 0.0179. The molecule has 1 saturated heterocycles. The molecule has 24 heavy (non-hydrogen) atoms. The van der Waals surface area contributed by atoms with Crippen LogP contribution in [0.2, 0.25) is 0 Å². The van der Waals surface area contributed by atoms with E-state index in [9.17, 15) is 4.79 Å². The number of anilines is 1. The molecule has 0 unspecified atom stereocenters. The van der Waals surface area contributed by atoms with Gasteiger partial charge in [-0.2, -0.15) is 0 Å². The quantitative estimate of drug-likeness (QED) is 0.933. The van der Waals surface area contributed by atoms with E-state index in [0.717, 1.165) is 49.5 Å². The second-order valence-electron chi connectivity index (χ2n) is 6.24. The van der Waals surface area contributed by atoms with Gasteiger partial charge in [0.1, 0.15) is 11.6 Å². The van der Waals surface area contributed by atoms with Gasteiger partial charge in [-0.15, -0.1) is 0 Å². The van der Waals surface area contributed by atoms with Crippen LogP contribution in [0.15, 0.2) is 36.8 Å². The summed E-state index contributed by atoms with van der Waals surface area (Å²) in [5.74, 6) is 1.75. The molecule has 1 aromatic heterocycles. The topological polar surface area (TPSA) is 67.4 Å². The van der Waals surface area contributed by atoms with Crippen LogP contribution < -0.4 is 15.0 Å². The minimum atomic E-state index is -0.0179. The number of nitrogens with one attached hydrogen (secondary N) is 1. The fraction of sp³-hybridized carbons (Fsp3) is 0.389. The first kappa shape index (κ1) is 14.9. The lowest BCUT2D eigenvalue weighted by molar-refractivity contribution is 0.0933. The molecule has 0 aliphatic carbocycles. The monoisotopic (exact) mass is 324 g/mol. The summed E-state index contributed by atoms with van der Waals surface area (Å²) in [5, 5.41) is 3.16. The summed E-state index contributed by atoms with van der Waals surface area (Å²) < 4.78 is 5.49. The van der Waals surface area contributed by atoms with Crippen LogP contribution in [0.3, 0.4) is 0 Å². The highest BCUT2D eigenvalue weighted by Gasteiger charge is 2.23. The van der Waals surface area contributed by atoms with Crippen LogP contribution in [0, 0.1) is 0 Å². The molecule has 0 bridgehead atoms. The zero-order valence-electron chi connectivity index (χ0n) is 13.4. The second-order valence-corrected chi connectivity index (χ2v) is 6.24. The first-order valence-corrected chi connectivity index (χ1v) is 8.37. The highest BCUT2D eigenvalue weighted by molar-refractivity contribution is 5.94. The summed E-state index contributed by atoms with van der Waals surface area (Å²) in [6.07, 6.45) is 8.02. The van der Waals surface area contributed by atoms with Crippen LogP contribution in [-0.4, -0.2) is 41.6 Å². The van der Waals surface area contributed by atoms with E-state index < -0.39 is 0 Å². The number of ether oxygens (including phenoxy) is 1. The smallest absolute Gasteiger partial charge is 0.251 e. The van der Waals surface area contributed by atoms with E-state index >= 15 is 0 Å². The van der Waals surface area contributed by atoms with Crippen LogP contribution in [0.1, 0.15) is 28.8 Å². The van der Waals surface area contributed by atoms with Crippen LogP contribution in [0.5, 0.6) is 5.75 Å². The third kappa shape index (κ3) is 3.04. The Morgan fingerprint density at radius 1 is 1.33 bits per heavy atom. The van der Waals surface area contributed by atoms with Crippen molar-refractivity contribution in [3.05, 3.63) is 47.9 Å². The molecule has 1 amide bonds. The molecule has 4 rings (SSSR count). The molecule has 0 saturated carbocycles. The van der Waals surface area contributed by atoms with E-state index in [0.29, 0.717) is 12.2 Å². The van der Waals surface area contributed by atoms with Crippen molar-refractivity contribution in [3.8, 4) is 5.75 Å². The van der Waals surface area contributed by atoms with Gasteiger partial charge in [0.25, 0.3) is 5.91 Å². The number of carbonyl (C=O) groups is 1. The van der Waals surface area contributed by atoms with E-state index in [1.807, 2.05) is 18.2 Å². The molecule has 2 aromatic rings. The first-order valence-electron chi connectivity index (χ1n) is 8.37. The minimum Gasteiger partial charge on any atom is -0.493 e. The highest BCUT2D eigenvalue weighted by Crippen LogP contribution is 2.26. The number of nitrogens with zero attached hydrogens (tertiary/aromatic N) is 3. The standard InChI is InChI=1S/C18H20N4O2/c23-18(14-3-4-16-13(10-14)5-9-24-16)21-15-2-1-8-22(12-15)17-11-19-6-7-20-17/h3-4,6-7,10-11,15H,1-2,5,8-9,12H2,(H,21,23)/t15-/m1/s1. The van der Waals surface area contributed by atoms with Crippen molar-refractivity contribution >= 4 is 11.7 Å². The molecule has 1 atom stereocenters. The van der Waals surface area contributed by atoms with Crippen molar-refractivity contribution in [1.82, 2.24) is 15.3 Å². The van der Waals surface area contributed by atoms with E-state index in [4.69, 9.17) is 4.74 Å². The molecule has 0 radical (unpaired) electrons. The summed E-state index contributed by atoms with van der Waals surface area (Å²) in [6.45, 7) is 2.41. The van der Waals surface area contributed by atoms with Gasteiger partial charge in [-0.25, -0.2) is 4.98 Å². The zero-order valence-corrected chi connectivity index (χ0v) is 13.4. The summed E-state index contributed by atoms with van der Waals surface area (Å²) in [7, 11) is 0. The van der Waals surface area contributed by atoms with Crippen LogP contribution in [-0.2, 0) is 6.42 Å². The number of rotatable bonds is 3. The van der Waals surface area contributed by atoms with Gasteiger partial charge in [0.05, 0.1) is 12.8 Å². The number of hydrogen-bond acceptors (Lipinski definition) is 5. The SMILES string of the molecule is O=C(N[C@@H]1CCCN(c2cnccn2)C1)c1ccc2c(c1)CCO2. The number of aromatic nitrogens is 2. The third-order valence-corrected chi connectivity index (χ3v) is 4.58. The molecule has 1 aromatic carbocycles. The summed E-state index contributed by atoms with van der Waals surface area (Å²) >= 11 is 0. The molecule has 1 fully saturated rings. The predicted molar refractivity (Wildman–Crippen MR) is 90.4 cm³/mol. The molecule has 1 N–H and O–H groups in total. The van der Waals surface area contributed by atoms with Gasteiger partial charge in [0, 0.05) is 43.5 Å². The van der Waals surface area contributed by atoms with E-state index in [1.54, 1.807) is 18.6 Å². The van der Waals surface area contributed by atoms with Gasteiger partial charge >= 0.3 is 0 Å². The number of carbonyl (C=O) groups excluding carboxylic acids is 1. The number of piperidine rings is 1. The lowest BCUT2D eigenvalue weighted by atomic mass is 10.0. The summed E-state index contributed by atoms with van der Waals surface area (Å²) in [6, 6.07) is 5.80. The van der Waals surface area contributed by atoms with Crippen molar-refractivity contribution in [2.24, 2.45) is 0 Å². The molecule has 2 aliphatic rings. The Morgan fingerprint density at radius 2 is 2.29 bits per heavy atom.